The van der Waals surface area contributed by atoms with Gasteiger partial charge in [-0.1, -0.05) is 30.3 Å². The lowest BCUT2D eigenvalue weighted by molar-refractivity contribution is -0.147. The molecule has 190 valence electrons. The maximum atomic E-state index is 13.1. The van der Waals surface area contributed by atoms with Gasteiger partial charge in [0.2, 0.25) is 0 Å². The summed E-state index contributed by atoms with van der Waals surface area (Å²) >= 11 is 0. The fraction of sp³-hybridized carbons (Fsp3) is 0.519. The predicted molar refractivity (Wildman–Crippen MR) is 133 cm³/mol. The summed E-state index contributed by atoms with van der Waals surface area (Å²) in [7, 11) is 0. The van der Waals surface area contributed by atoms with E-state index in [2.05, 4.69) is 5.32 Å². The Morgan fingerprint density at radius 1 is 1.06 bits per heavy atom. The highest BCUT2D eigenvalue weighted by Gasteiger charge is 2.29. The molecule has 2 heterocycles. The third kappa shape index (κ3) is 7.60. The normalized spacial score (nSPS) is 15.4. The summed E-state index contributed by atoms with van der Waals surface area (Å²) in [5, 5.41) is 2.93. The van der Waals surface area contributed by atoms with Crippen LogP contribution in [0.15, 0.2) is 48.7 Å². The molecule has 1 aliphatic heterocycles. The molecule has 1 saturated heterocycles. The van der Waals surface area contributed by atoms with Crippen molar-refractivity contribution in [3.8, 4) is 0 Å². The van der Waals surface area contributed by atoms with Gasteiger partial charge in [0.25, 0.3) is 5.91 Å². The minimum absolute atomic E-state index is 0.106. The Kier molecular flexibility index (Phi) is 8.95. The molecule has 0 bridgehead atoms. The maximum absolute atomic E-state index is 13.1. The second-order valence-corrected chi connectivity index (χ2v) is 9.85. The molecule has 2 amide bonds. The molecule has 1 aliphatic rings. The Morgan fingerprint density at radius 2 is 1.74 bits per heavy atom. The van der Waals surface area contributed by atoms with Gasteiger partial charge in [0.05, 0.1) is 12.5 Å². The molecule has 1 aromatic heterocycles. The van der Waals surface area contributed by atoms with Crippen LogP contribution in [0.3, 0.4) is 0 Å². The minimum Gasteiger partial charge on any atom is -0.466 e. The zero-order valence-electron chi connectivity index (χ0n) is 21.2. The molecule has 0 spiro atoms. The van der Waals surface area contributed by atoms with Crippen molar-refractivity contribution in [2.75, 3.05) is 26.2 Å². The van der Waals surface area contributed by atoms with E-state index in [4.69, 9.17) is 9.47 Å². The van der Waals surface area contributed by atoms with Crippen LogP contribution >= 0.6 is 0 Å². The van der Waals surface area contributed by atoms with Gasteiger partial charge in [0, 0.05) is 31.9 Å². The van der Waals surface area contributed by atoms with Gasteiger partial charge >= 0.3 is 12.1 Å². The number of hydrogen-bond acceptors (Lipinski definition) is 5. The van der Waals surface area contributed by atoms with Gasteiger partial charge in [-0.3, -0.25) is 9.59 Å². The first-order chi connectivity index (χ1) is 16.7. The van der Waals surface area contributed by atoms with Gasteiger partial charge in [-0.05, 0) is 64.7 Å². The van der Waals surface area contributed by atoms with Crippen LogP contribution in [-0.2, 0) is 20.7 Å². The number of likely N-dealkylation sites (tertiary alicyclic amines) is 1. The number of esters is 1. The van der Waals surface area contributed by atoms with Crippen LogP contribution in [0.2, 0.25) is 0 Å². The molecule has 8 heteroatoms. The van der Waals surface area contributed by atoms with Gasteiger partial charge in [0.1, 0.15) is 11.3 Å². The van der Waals surface area contributed by atoms with Crippen molar-refractivity contribution < 1.29 is 23.9 Å². The van der Waals surface area contributed by atoms with E-state index < -0.39 is 11.5 Å². The smallest absolute Gasteiger partial charge is 0.410 e. The van der Waals surface area contributed by atoms with E-state index >= 15 is 0 Å². The van der Waals surface area contributed by atoms with Crippen molar-refractivity contribution in [1.82, 2.24) is 14.8 Å². The Hall–Kier alpha value is -3.29. The molecule has 1 atom stereocenters. The first-order valence-electron chi connectivity index (χ1n) is 12.3. The number of nitrogens with zero attached hydrogens (tertiary/aromatic N) is 2. The fourth-order valence-corrected chi connectivity index (χ4v) is 4.26. The predicted octanol–water partition coefficient (Wildman–Crippen LogP) is 4.21. The lowest BCUT2D eigenvalue weighted by atomic mass is 9.99. The van der Waals surface area contributed by atoms with Crippen LogP contribution in [0.5, 0.6) is 0 Å². The summed E-state index contributed by atoms with van der Waals surface area (Å²) in [6.45, 7) is 8.97. The topological polar surface area (TPSA) is 89.9 Å². The highest BCUT2D eigenvalue weighted by molar-refractivity contribution is 5.93. The fourth-order valence-electron chi connectivity index (χ4n) is 4.26. The van der Waals surface area contributed by atoms with Gasteiger partial charge in [-0.15, -0.1) is 0 Å². The number of ether oxygens (including phenoxy) is 2. The summed E-state index contributed by atoms with van der Waals surface area (Å²) in [5.74, 6) is -1.02. The lowest BCUT2D eigenvalue weighted by Gasteiger charge is -2.34. The molecular weight excluding hydrogens is 446 g/mol. The molecule has 8 nitrogen and oxygen atoms in total. The van der Waals surface area contributed by atoms with Crippen molar-refractivity contribution in [1.29, 1.82) is 0 Å². The van der Waals surface area contributed by atoms with Crippen molar-refractivity contribution in [2.45, 2.75) is 58.6 Å². The minimum atomic E-state index is -0.526. The van der Waals surface area contributed by atoms with E-state index in [0.29, 0.717) is 31.8 Å². The van der Waals surface area contributed by atoms with E-state index in [-0.39, 0.29) is 30.6 Å². The summed E-state index contributed by atoms with van der Waals surface area (Å²) < 4.78 is 12.7. The Morgan fingerprint density at radius 3 is 2.37 bits per heavy atom. The second kappa shape index (κ2) is 11.9. The van der Waals surface area contributed by atoms with Gasteiger partial charge < -0.3 is 24.3 Å². The molecule has 1 aromatic carbocycles. The summed E-state index contributed by atoms with van der Waals surface area (Å²) in [6.07, 6.45) is 3.55. The molecule has 35 heavy (non-hydrogen) atoms. The van der Waals surface area contributed by atoms with E-state index in [9.17, 15) is 14.4 Å². The van der Waals surface area contributed by atoms with Crippen molar-refractivity contribution in [2.24, 2.45) is 5.92 Å². The summed E-state index contributed by atoms with van der Waals surface area (Å²) in [4.78, 5) is 39.7. The number of piperidine rings is 1. The Bertz CT molecular complexity index is 988. The summed E-state index contributed by atoms with van der Waals surface area (Å²) in [5.41, 5.74) is 1.03. The van der Waals surface area contributed by atoms with Gasteiger partial charge in [-0.25, -0.2) is 4.79 Å². The highest BCUT2D eigenvalue weighted by atomic mass is 16.6. The van der Waals surface area contributed by atoms with E-state index in [0.717, 1.165) is 18.4 Å². The number of benzene rings is 1. The largest absolute Gasteiger partial charge is 0.466 e. The molecule has 0 aliphatic carbocycles. The quantitative estimate of drug-likeness (QED) is 0.568. The number of carbonyl (C=O) groups is 3. The Labute approximate surface area is 207 Å². The van der Waals surface area contributed by atoms with Crippen LogP contribution in [0.1, 0.15) is 62.6 Å². The maximum Gasteiger partial charge on any atom is 0.410 e. The molecule has 0 saturated carbocycles. The number of aromatic nitrogens is 1. The second-order valence-electron chi connectivity index (χ2n) is 9.85. The number of nitrogens with one attached hydrogen (secondary N) is 1. The van der Waals surface area contributed by atoms with E-state index in [1.54, 1.807) is 17.9 Å². The number of hydrogen-bond donors (Lipinski definition) is 1. The van der Waals surface area contributed by atoms with Gasteiger partial charge in [-0.2, -0.15) is 0 Å². The number of rotatable bonds is 8. The molecule has 1 unspecified atom stereocenters. The van der Waals surface area contributed by atoms with Crippen LogP contribution < -0.4 is 5.32 Å². The zero-order chi connectivity index (χ0) is 25.4. The average molecular weight is 484 g/mol. The monoisotopic (exact) mass is 483 g/mol. The van der Waals surface area contributed by atoms with E-state index in [1.807, 2.05) is 67.9 Å². The molecule has 3 rings (SSSR count). The average Bonchev–Trinajstić information content (AvgIpc) is 3.31. The highest BCUT2D eigenvalue weighted by Crippen LogP contribution is 2.26. The molecule has 2 aromatic rings. The lowest BCUT2D eigenvalue weighted by Crippen LogP contribution is -2.42. The van der Waals surface area contributed by atoms with Crippen LogP contribution in [0.4, 0.5) is 4.79 Å². The first kappa shape index (κ1) is 26.3. The first-order valence-corrected chi connectivity index (χ1v) is 12.3. The van der Waals surface area contributed by atoms with Crippen LogP contribution in [-0.4, -0.2) is 59.3 Å². The molecule has 1 fully saturated rings. The number of carbonyl (C=O) groups excluding carboxylic acids is 3. The van der Waals surface area contributed by atoms with Crippen LogP contribution in [0.25, 0.3) is 0 Å². The van der Waals surface area contributed by atoms with E-state index in [1.165, 1.54) is 0 Å². The van der Waals surface area contributed by atoms with Crippen molar-refractivity contribution >= 4 is 18.0 Å². The zero-order valence-corrected chi connectivity index (χ0v) is 21.2. The van der Waals surface area contributed by atoms with Crippen molar-refractivity contribution in [3.05, 3.63) is 59.9 Å². The summed E-state index contributed by atoms with van der Waals surface area (Å²) in [6, 6.07) is 13.4. The SMILES string of the molecule is CCOC(=O)C(CNC(=O)c1cccn1C1CCN(C(=O)OC(C)(C)C)CC1)Cc1ccccc1. The standard InChI is InChI=1S/C27H37N3O5/c1-5-34-25(32)21(18-20-10-7-6-8-11-20)19-28-24(31)23-12-9-15-30(23)22-13-16-29(17-14-22)26(33)35-27(2,3)4/h6-12,15,21-22H,5,13-14,16-19H2,1-4H3,(H,28,31). The third-order valence-electron chi connectivity index (χ3n) is 5.98. The van der Waals surface area contributed by atoms with Crippen molar-refractivity contribution in [3.63, 3.8) is 0 Å². The number of amides is 2. The Balaban J connectivity index is 1.59. The van der Waals surface area contributed by atoms with Gasteiger partial charge in [0.15, 0.2) is 0 Å². The third-order valence-corrected chi connectivity index (χ3v) is 5.98. The molecule has 1 N–H and O–H groups in total. The van der Waals surface area contributed by atoms with Crippen LogP contribution in [0, 0.1) is 5.92 Å². The molecule has 0 radical (unpaired) electrons. The molecular formula is C27H37N3O5.